The van der Waals surface area contributed by atoms with Crippen molar-refractivity contribution in [1.82, 2.24) is 5.43 Å². The predicted octanol–water partition coefficient (Wildman–Crippen LogP) is 5.61. The molecule has 5 nitrogen and oxygen atoms in total. The molecule has 0 aliphatic rings. The molecule has 0 saturated carbocycles. The van der Waals surface area contributed by atoms with E-state index in [1.54, 1.807) is 36.5 Å². The molecular weight excluding hydrogens is 423 g/mol. The molecule has 0 aliphatic carbocycles. The smallest absolute Gasteiger partial charge is 0.271 e. The number of para-hydroxylation sites is 1. The summed E-state index contributed by atoms with van der Waals surface area (Å²) in [5.41, 5.74) is 3.75. The van der Waals surface area contributed by atoms with E-state index >= 15 is 0 Å². The highest BCUT2D eigenvalue weighted by Gasteiger charge is 2.04. The molecule has 3 aromatic rings. The van der Waals surface area contributed by atoms with Gasteiger partial charge in [-0.25, -0.2) is 5.43 Å². The molecule has 0 saturated heterocycles. The molecule has 0 aliphatic heterocycles. The molecule has 3 aromatic carbocycles. The fourth-order valence-corrected chi connectivity index (χ4v) is 2.88. The Morgan fingerprint density at radius 3 is 2.47 bits per heavy atom. The highest BCUT2D eigenvalue weighted by Crippen LogP contribution is 2.23. The maximum Gasteiger partial charge on any atom is 0.271 e. The number of hydrazone groups is 1. The molecule has 30 heavy (non-hydrogen) atoms. The SMILES string of the molecule is O=C(N/N=C/c1ccc(OCCCOc2ccccc2Cl)cc1)c1cccc(Cl)c1. The lowest BCUT2D eigenvalue weighted by molar-refractivity contribution is 0.0955. The summed E-state index contributed by atoms with van der Waals surface area (Å²) in [7, 11) is 0. The Kier molecular flexibility index (Phi) is 8.12. The van der Waals surface area contributed by atoms with Crippen molar-refractivity contribution in [3.63, 3.8) is 0 Å². The number of hydrogen-bond donors (Lipinski definition) is 1. The summed E-state index contributed by atoms with van der Waals surface area (Å²) in [4.78, 5) is 12.0. The number of ether oxygens (including phenoxy) is 2. The van der Waals surface area contributed by atoms with Crippen LogP contribution in [0.5, 0.6) is 11.5 Å². The van der Waals surface area contributed by atoms with Gasteiger partial charge in [-0.15, -0.1) is 0 Å². The number of halogens is 2. The lowest BCUT2D eigenvalue weighted by Crippen LogP contribution is -2.17. The van der Waals surface area contributed by atoms with Crippen LogP contribution in [0.25, 0.3) is 0 Å². The fourth-order valence-electron chi connectivity index (χ4n) is 2.50. The first-order valence-electron chi connectivity index (χ1n) is 9.31. The largest absolute Gasteiger partial charge is 0.493 e. The minimum atomic E-state index is -0.326. The minimum absolute atomic E-state index is 0.326. The van der Waals surface area contributed by atoms with Crippen LogP contribution in [-0.4, -0.2) is 25.3 Å². The molecule has 0 unspecified atom stereocenters. The van der Waals surface area contributed by atoms with E-state index in [0.29, 0.717) is 34.6 Å². The summed E-state index contributed by atoms with van der Waals surface area (Å²) < 4.78 is 11.3. The Hall–Kier alpha value is -3.02. The van der Waals surface area contributed by atoms with Crippen LogP contribution in [0.3, 0.4) is 0 Å². The van der Waals surface area contributed by atoms with Crippen molar-refractivity contribution < 1.29 is 14.3 Å². The molecular formula is C23H20Cl2N2O3. The second kappa shape index (κ2) is 11.2. The normalized spacial score (nSPS) is 10.7. The van der Waals surface area contributed by atoms with Gasteiger partial charge in [0.1, 0.15) is 11.5 Å². The Morgan fingerprint density at radius 1 is 0.933 bits per heavy atom. The van der Waals surface area contributed by atoms with Gasteiger partial charge in [0.25, 0.3) is 5.91 Å². The third-order valence-electron chi connectivity index (χ3n) is 4.00. The number of nitrogens with zero attached hydrogens (tertiary/aromatic N) is 1. The number of hydrogen-bond acceptors (Lipinski definition) is 4. The van der Waals surface area contributed by atoms with E-state index in [1.807, 2.05) is 42.5 Å². The van der Waals surface area contributed by atoms with Crippen LogP contribution >= 0.6 is 23.2 Å². The van der Waals surface area contributed by atoms with Crippen LogP contribution in [0.1, 0.15) is 22.3 Å². The molecule has 0 aromatic heterocycles. The number of amides is 1. The van der Waals surface area contributed by atoms with Crippen molar-refractivity contribution in [3.05, 3.63) is 94.0 Å². The first-order chi connectivity index (χ1) is 14.6. The molecule has 0 radical (unpaired) electrons. The number of carbonyl (C=O) groups excluding carboxylic acids is 1. The van der Waals surface area contributed by atoms with Crippen LogP contribution in [0.4, 0.5) is 0 Å². The summed E-state index contributed by atoms with van der Waals surface area (Å²) in [5.74, 6) is 1.09. The molecule has 0 atom stereocenters. The van der Waals surface area contributed by atoms with Gasteiger partial charge in [-0.05, 0) is 60.2 Å². The maximum atomic E-state index is 12.0. The van der Waals surface area contributed by atoms with Gasteiger partial charge in [-0.1, -0.05) is 41.4 Å². The van der Waals surface area contributed by atoms with Gasteiger partial charge in [0, 0.05) is 17.0 Å². The lowest BCUT2D eigenvalue weighted by atomic mass is 10.2. The first-order valence-corrected chi connectivity index (χ1v) is 10.1. The van der Waals surface area contributed by atoms with E-state index < -0.39 is 0 Å². The average Bonchev–Trinajstić information content (AvgIpc) is 2.75. The predicted molar refractivity (Wildman–Crippen MR) is 120 cm³/mol. The molecule has 0 heterocycles. The second-order valence-corrected chi connectivity index (χ2v) is 7.10. The van der Waals surface area contributed by atoms with Gasteiger partial charge < -0.3 is 9.47 Å². The van der Waals surface area contributed by atoms with Crippen molar-refractivity contribution >= 4 is 35.3 Å². The van der Waals surface area contributed by atoms with E-state index in [2.05, 4.69) is 10.5 Å². The fraction of sp³-hybridized carbons (Fsp3) is 0.130. The van der Waals surface area contributed by atoms with E-state index in [1.165, 1.54) is 0 Å². The van der Waals surface area contributed by atoms with Crippen LogP contribution in [0.15, 0.2) is 77.9 Å². The van der Waals surface area contributed by atoms with E-state index in [0.717, 1.165) is 17.7 Å². The van der Waals surface area contributed by atoms with Crippen LogP contribution < -0.4 is 14.9 Å². The van der Waals surface area contributed by atoms with Gasteiger partial charge in [-0.3, -0.25) is 4.79 Å². The second-order valence-electron chi connectivity index (χ2n) is 6.26. The molecule has 1 N–H and O–H groups in total. The summed E-state index contributed by atoms with van der Waals surface area (Å²) >= 11 is 11.9. The van der Waals surface area contributed by atoms with Crippen molar-refractivity contribution in [2.45, 2.75) is 6.42 Å². The van der Waals surface area contributed by atoms with Crippen LogP contribution in [0, 0.1) is 0 Å². The Balaban J connectivity index is 1.38. The molecule has 154 valence electrons. The Labute approximate surface area is 185 Å². The van der Waals surface area contributed by atoms with Crippen molar-refractivity contribution in [2.75, 3.05) is 13.2 Å². The van der Waals surface area contributed by atoms with E-state index in [-0.39, 0.29) is 5.91 Å². The number of carbonyl (C=O) groups is 1. The standard InChI is InChI=1S/C23H20Cl2N2O3/c24-19-6-3-5-18(15-19)23(28)27-26-16-17-9-11-20(12-10-17)29-13-4-14-30-22-8-2-1-7-21(22)25/h1-3,5-12,15-16H,4,13-14H2,(H,27,28)/b26-16+. The highest BCUT2D eigenvalue weighted by molar-refractivity contribution is 6.32. The maximum absolute atomic E-state index is 12.0. The van der Waals surface area contributed by atoms with Crippen LogP contribution in [0.2, 0.25) is 10.0 Å². The summed E-state index contributed by atoms with van der Waals surface area (Å²) in [6.07, 6.45) is 2.29. The van der Waals surface area contributed by atoms with Crippen LogP contribution in [-0.2, 0) is 0 Å². The molecule has 0 fully saturated rings. The van der Waals surface area contributed by atoms with Gasteiger partial charge in [0.05, 0.1) is 24.5 Å². The third-order valence-corrected chi connectivity index (χ3v) is 4.55. The number of benzene rings is 3. The summed E-state index contributed by atoms with van der Waals surface area (Å²) in [5, 5.41) is 5.06. The zero-order valence-corrected chi connectivity index (χ0v) is 17.6. The molecule has 1 amide bonds. The van der Waals surface area contributed by atoms with Gasteiger partial charge >= 0.3 is 0 Å². The molecule has 7 heteroatoms. The monoisotopic (exact) mass is 442 g/mol. The summed E-state index contributed by atoms with van der Waals surface area (Å²) in [6.45, 7) is 1.04. The quantitative estimate of drug-likeness (QED) is 0.266. The number of rotatable bonds is 9. The molecule has 0 bridgehead atoms. The first kappa shape index (κ1) is 21.7. The average molecular weight is 443 g/mol. The Bertz CT molecular complexity index is 1010. The van der Waals surface area contributed by atoms with Crippen molar-refractivity contribution in [3.8, 4) is 11.5 Å². The van der Waals surface area contributed by atoms with E-state index in [9.17, 15) is 4.79 Å². The van der Waals surface area contributed by atoms with Crippen molar-refractivity contribution in [2.24, 2.45) is 5.10 Å². The molecule has 0 spiro atoms. The van der Waals surface area contributed by atoms with Gasteiger partial charge in [0.15, 0.2) is 0 Å². The van der Waals surface area contributed by atoms with Crippen molar-refractivity contribution in [1.29, 1.82) is 0 Å². The van der Waals surface area contributed by atoms with Gasteiger partial charge in [0.2, 0.25) is 0 Å². The topological polar surface area (TPSA) is 59.9 Å². The zero-order chi connectivity index (χ0) is 21.2. The Morgan fingerprint density at radius 2 is 1.70 bits per heavy atom. The third kappa shape index (κ3) is 6.79. The summed E-state index contributed by atoms with van der Waals surface area (Å²) in [6, 6.07) is 21.4. The van der Waals surface area contributed by atoms with Gasteiger partial charge in [-0.2, -0.15) is 5.10 Å². The zero-order valence-electron chi connectivity index (χ0n) is 16.1. The number of nitrogens with one attached hydrogen (secondary N) is 1. The highest BCUT2D eigenvalue weighted by atomic mass is 35.5. The lowest BCUT2D eigenvalue weighted by Gasteiger charge is -2.09. The minimum Gasteiger partial charge on any atom is -0.493 e. The van der Waals surface area contributed by atoms with E-state index in [4.69, 9.17) is 32.7 Å². The molecule has 3 rings (SSSR count).